The van der Waals surface area contributed by atoms with Crippen molar-refractivity contribution in [3.05, 3.63) is 46.7 Å². The Balaban J connectivity index is 1.80. The minimum atomic E-state index is -0.182. The Kier molecular flexibility index (Phi) is 3.82. The highest BCUT2D eigenvalue weighted by Gasteiger charge is 2.24. The molecule has 2 heterocycles. The van der Waals surface area contributed by atoms with Crippen LogP contribution in [0.15, 0.2) is 29.6 Å². The highest BCUT2D eigenvalue weighted by Crippen LogP contribution is 2.24. The van der Waals surface area contributed by atoms with Crippen molar-refractivity contribution in [2.45, 2.75) is 12.6 Å². The molecular formula is C13H15FN4S. The normalized spacial score (nSPS) is 20.6. The Morgan fingerprint density at radius 1 is 1.47 bits per heavy atom. The van der Waals surface area contributed by atoms with E-state index in [-0.39, 0.29) is 11.9 Å². The van der Waals surface area contributed by atoms with Crippen molar-refractivity contribution in [3.63, 3.8) is 0 Å². The van der Waals surface area contributed by atoms with Gasteiger partial charge in [0.2, 0.25) is 0 Å². The minimum Gasteiger partial charge on any atom is -0.314 e. The largest absolute Gasteiger partial charge is 0.314 e. The molecule has 100 valence electrons. The Morgan fingerprint density at radius 3 is 3.21 bits per heavy atom. The van der Waals surface area contributed by atoms with E-state index in [4.69, 9.17) is 0 Å². The van der Waals surface area contributed by atoms with Gasteiger partial charge in [-0.25, -0.2) is 4.39 Å². The first-order valence-corrected chi connectivity index (χ1v) is 7.13. The number of rotatable bonds is 3. The first kappa shape index (κ1) is 12.7. The third kappa shape index (κ3) is 2.97. The molecule has 0 bridgehead atoms. The van der Waals surface area contributed by atoms with Gasteiger partial charge in [-0.2, -0.15) is 0 Å². The Bertz CT molecular complexity index is 531. The number of nitrogens with zero attached hydrogens (tertiary/aromatic N) is 3. The summed E-state index contributed by atoms with van der Waals surface area (Å²) in [5, 5.41) is 9.42. The molecule has 0 saturated carbocycles. The van der Waals surface area contributed by atoms with Crippen LogP contribution in [0.3, 0.4) is 0 Å². The van der Waals surface area contributed by atoms with E-state index < -0.39 is 0 Å². The van der Waals surface area contributed by atoms with Crippen LogP contribution in [0.4, 0.5) is 4.39 Å². The molecule has 0 radical (unpaired) electrons. The van der Waals surface area contributed by atoms with E-state index in [0.29, 0.717) is 0 Å². The molecule has 1 aromatic carbocycles. The lowest BCUT2D eigenvalue weighted by Gasteiger charge is -2.36. The van der Waals surface area contributed by atoms with E-state index in [1.165, 1.54) is 17.6 Å². The zero-order chi connectivity index (χ0) is 13.1. The molecule has 1 saturated heterocycles. The molecular weight excluding hydrogens is 263 g/mol. The summed E-state index contributed by atoms with van der Waals surface area (Å²) in [4.78, 5) is 2.32. The van der Waals surface area contributed by atoms with Crippen LogP contribution in [0.2, 0.25) is 0 Å². The molecule has 1 atom stereocenters. The Labute approximate surface area is 115 Å². The monoisotopic (exact) mass is 278 g/mol. The fourth-order valence-corrected chi connectivity index (χ4v) is 2.88. The lowest BCUT2D eigenvalue weighted by Crippen LogP contribution is -2.45. The first-order chi connectivity index (χ1) is 9.33. The van der Waals surface area contributed by atoms with Crippen molar-refractivity contribution in [3.8, 4) is 0 Å². The molecule has 0 aliphatic carbocycles. The lowest BCUT2D eigenvalue weighted by atomic mass is 10.0. The van der Waals surface area contributed by atoms with Gasteiger partial charge in [0.25, 0.3) is 0 Å². The van der Waals surface area contributed by atoms with Gasteiger partial charge in [-0.3, -0.25) is 4.90 Å². The van der Waals surface area contributed by atoms with Crippen LogP contribution in [-0.2, 0) is 6.54 Å². The molecule has 0 amide bonds. The topological polar surface area (TPSA) is 41.0 Å². The summed E-state index contributed by atoms with van der Waals surface area (Å²) in [6.45, 7) is 3.47. The molecule has 6 heteroatoms. The van der Waals surface area contributed by atoms with Gasteiger partial charge in [0, 0.05) is 37.6 Å². The maximum atomic E-state index is 13.4. The van der Waals surface area contributed by atoms with Crippen LogP contribution in [0.1, 0.15) is 17.3 Å². The van der Waals surface area contributed by atoms with Crippen molar-refractivity contribution >= 4 is 11.5 Å². The van der Waals surface area contributed by atoms with Gasteiger partial charge in [0.05, 0.1) is 5.69 Å². The van der Waals surface area contributed by atoms with Gasteiger partial charge in [0.15, 0.2) is 0 Å². The fraction of sp³-hybridized carbons (Fsp3) is 0.385. The van der Waals surface area contributed by atoms with Gasteiger partial charge >= 0.3 is 0 Å². The van der Waals surface area contributed by atoms with Crippen molar-refractivity contribution in [1.29, 1.82) is 0 Å². The summed E-state index contributed by atoms with van der Waals surface area (Å²) < 4.78 is 17.3. The molecule has 1 unspecified atom stereocenters. The van der Waals surface area contributed by atoms with Gasteiger partial charge in [-0.1, -0.05) is 16.6 Å². The standard InChI is InChI=1S/C13H15FN4S/c14-11-3-1-2-10(6-11)13-7-15-4-5-18(13)8-12-9-19-17-16-12/h1-3,6,9,13,15H,4-5,7-8H2. The Hall–Kier alpha value is -1.37. The zero-order valence-corrected chi connectivity index (χ0v) is 11.2. The van der Waals surface area contributed by atoms with E-state index in [0.717, 1.165) is 37.4 Å². The average Bonchev–Trinajstić information content (AvgIpc) is 2.92. The van der Waals surface area contributed by atoms with Crippen molar-refractivity contribution in [1.82, 2.24) is 19.8 Å². The summed E-state index contributed by atoms with van der Waals surface area (Å²) in [5.74, 6) is -0.182. The smallest absolute Gasteiger partial charge is 0.123 e. The number of nitrogens with one attached hydrogen (secondary N) is 1. The number of aromatic nitrogens is 2. The number of benzene rings is 1. The quantitative estimate of drug-likeness (QED) is 0.930. The predicted molar refractivity (Wildman–Crippen MR) is 72.3 cm³/mol. The van der Waals surface area contributed by atoms with E-state index in [9.17, 15) is 4.39 Å². The zero-order valence-electron chi connectivity index (χ0n) is 10.4. The van der Waals surface area contributed by atoms with E-state index in [2.05, 4.69) is 19.8 Å². The van der Waals surface area contributed by atoms with Crippen LogP contribution >= 0.6 is 11.5 Å². The third-order valence-corrected chi connectivity index (χ3v) is 3.91. The lowest BCUT2D eigenvalue weighted by molar-refractivity contribution is 0.151. The van der Waals surface area contributed by atoms with Crippen LogP contribution < -0.4 is 5.32 Å². The average molecular weight is 278 g/mol. The minimum absolute atomic E-state index is 0.182. The third-order valence-electron chi connectivity index (χ3n) is 3.36. The Morgan fingerprint density at radius 2 is 2.42 bits per heavy atom. The number of piperazine rings is 1. The number of halogens is 1. The van der Waals surface area contributed by atoms with Gasteiger partial charge < -0.3 is 5.32 Å². The summed E-state index contributed by atoms with van der Waals surface area (Å²) in [6.07, 6.45) is 0. The second-order valence-corrected chi connectivity index (χ2v) is 5.25. The molecule has 1 fully saturated rings. The number of hydrogen-bond donors (Lipinski definition) is 1. The van der Waals surface area contributed by atoms with E-state index in [1.54, 1.807) is 12.1 Å². The van der Waals surface area contributed by atoms with Crippen LogP contribution in [-0.4, -0.2) is 34.1 Å². The predicted octanol–water partition coefficient (Wildman–Crippen LogP) is 1.82. The van der Waals surface area contributed by atoms with E-state index >= 15 is 0 Å². The maximum Gasteiger partial charge on any atom is 0.123 e. The molecule has 1 aliphatic rings. The summed E-state index contributed by atoms with van der Waals surface area (Å²) in [6, 6.07) is 7.03. The van der Waals surface area contributed by atoms with Gasteiger partial charge in [0.1, 0.15) is 5.82 Å². The molecule has 2 aromatic rings. The highest BCUT2D eigenvalue weighted by atomic mass is 32.1. The number of hydrogen-bond acceptors (Lipinski definition) is 5. The van der Waals surface area contributed by atoms with E-state index in [1.807, 2.05) is 11.4 Å². The van der Waals surface area contributed by atoms with Gasteiger partial charge in [-0.15, -0.1) is 5.10 Å². The summed E-state index contributed by atoms with van der Waals surface area (Å²) in [7, 11) is 0. The molecule has 19 heavy (non-hydrogen) atoms. The second-order valence-electron chi connectivity index (χ2n) is 4.64. The summed E-state index contributed by atoms with van der Waals surface area (Å²) >= 11 is 1.36. The maximum absolute atomic E-state index is 13.4. The van der Waals surface area contributed by atoms with Crippen LogP contribution in [0.25, 0.3) is 0 Å². The van der Waals surface area contributed by atoms with Crippen molar-refractivity contribution < 1.29 is 4.39 Å². The molecule has 4 nitrogen and oxygen atoms in total. The second kappa shape index (κ2) is 5.73. The van der Waals surface area contributed by atoms with Crippen LogP contribution in [0.5, 0.6) is 0 Å². The SMILES string of the molecule is Fc1cccc(C2CNCCN2Cc2csnn2)c1. The molecule has 3 rings (SSSR count). The molecule has 1 aromatic heterocycles. The van der Waals surface area contributed by atoms with Crippen LogP contribution in [0, 0.1) is 5.82 Å². The molecule has 0 spiro atoms. The fourth-order valence-electron chi connectivity index (χ4n) is 2.44. The van der Waals surface area contributed by atoms with Gasteiger partial charge in [-0.05, 0) is 29.2 Å². The van der Waals surface area contributed by atoms with Crippen molar-refractivity contribution in [2.75, 3.05) is 19.6 Å². The first-order valence-electron chi connectivity index (χ1n) is 6.29. The summed E-state index contributed by atoms with van der Waals surface area (Å²) in [5.41, 5.74) is 1.99. The molecule has 1 aliphatic heterocycles. The van der Waals surface area contributed by atoms with Crippen molar-refractivity contribution in [2.24, 2.45) is 0 Å². The molecule has 1 N–H and O–H groups in total. The highest BCUT2D eigenvalue weighted by molar-refractivity contribution is 7.03.